The lowest BCUT2D eigenvalue weighted by molar-refractivity contribution is -0.0948. The van der Waals surface area contributed by atoms with E-state index >= 15 is 0 Å². The van der Waals surface area contributed by atoms with Gasteiger partial charge in [-0.2, -0.15) is 0 Å². The number of rotatable bonds is 5. The van der Waals surface area contributed by atoms with E-state index in [2.05, 4.69) is 42.9 Å². The van der Waals surface area contributed by atoms with Gasteiger partial charge in [-0.1, -0.05) is 23.8 Å². The van der Waals surface area contributed by atoms with Crippen LogP contribution in [0.4, 0.5) is 0 Å². The van der Waals surface area contributed by atoms with Crippen LogP contribution in [0, 0.1) is 6.92 Å². The summed E-state index contributed by atoms with van der Waals surface area (Å²) in [6, 6.07) is 11.3. The summed E-state index contributed by atoms with van der Waals surface area (Å²) in [6.45, 7) is 12.4. The molecule has 1 fully saturated rings. The van der Waals surface area contributed by atoms with E-state index in [1.807, 2.05) is 31.2 Å². The normalized spacial score (nSPS) is 20.4. The van der Waals surface area contributed by atoms with Crippen LogP contribution in [0.1, 0.15) is 43.6 Å². The molecule has 29 heavy (non-hydrogen) atoms. The highest BCUT2D eigenvalue weighted by molar-refractivity contribution is 5.94. The Labute approximate surface area is 172 Å². The van der Waals surface area contributed by atoms with E-state index in [0.717, 1.165) is 24.2 Å². The van der Waals surface area contributed by atoms with E-state index in [0.29, 0.717) is 12.2 Å². The van der Waals surface area contributed by atoms with Crippen LogP contribution in [0.5, 0.6) is 0 Å². The number of hydrogen-bond donors (Lipinski definition) is 2. The van der Waals surface area contributed by atoms with E-state index in [4.69, 9.17) is 4.74 Å². The number of hydrogen-bond acceptors (Lipinski definition) is 4. The van der Waals surface area contributed by atoms with Crippen LogP contribution in [0.3, 0.4) is 0 Å². The van der Waals surface area contributed by atoms with Crippen molar-refractivity contribution in [1.29, 1.82) is 0 Å². The van der Waals surface area contributed by atoms with Crippen molar-refractivity contribution in [2.24, 2.45) is 0 Å². The fourth-order valence-corrected chi connectivity index (χ4v) is 3.81. The van der Waals surface area contributed by atoms with Gasteiger partial charge in [-0.15, -0.1) is 0 Å². The van der Waals surface area contributed by atoms with Crippen molar-refractivity contribution in [3.05, 3.63) is 57.9 Å². The number of nitrogens with one attached hydrogen (secondary N) is 2. The van der Waals surface area contributed by atoms with Crippen LogP contribution in [-0.2, 0) is 4.74 Å². The predicted octanol–water partition coefficient (Wildman–Crippen LogP) is 2.97. The van der Waals surface area contributed by atoms with Gasteiger partial charge in [0.2, 0.25) is 0 Å². The first-order chi connectivity index (χ1) is 13.7. The predicted molar refractivity (Wildman–Crippen MR) is 115 cm³/mol. The number of ether oxygens (including phenoxy) is 1. The third-order valence-electron chi connectivity index (χ3n) is 5.44. The summed E-state index contributed by atoms with van der Waals surface area (Å²) < 4.78 is 5.80. The van der Waals surface area contributed by atoms with Crippen LogP contribution in [0.2, 0.25) is 0 Å². The number of carbonyl (C=O) groups excluding carboxylic acids is 1. The summed E-state index contributed by atoms with van der Waals surface area (Å²) in [6.07, 6.45) is 0.316. The van der Waals surface area contributed by atoms with E-state index in [1.54, 1.807) is 12.1 Å². The molecule has 1 amide bonds. The number of pyridine rings is 1. The molecule has 6 heteroatoms. The molecule has 1 aromatic carbocycles. The van der Waals surface area contributed by atoms with Crippen molar-refractivity contribution >= 4 is 5.91 Å². The molecular formula is C23H31N3O3. The molecule has 6 nitrogen and oxygen atoms in total. The molecule has 0 unspecified atom stereocenters. The quantitative estimate of drug-likeness (QED) is 0.813. The molecule has 0 bridgehead atoms. The highest BCUT2D eigenvalue weighted by Crippen LogP contribution is 2.21. The highest BCUT2D eigenvalue weighted by atomic mass is 16.5. The molecule has 2 heterocycles. The second-order valence-electron chi connectivity index (χ2n) is 8.64. The van der Waals surface area contributed by atoms with Gasteiger partial charge in [0.05, 0.1) is 12.2 Å². The maximum absolute atomic E-state index is 12.7. The number of nitrogens with zero attached hydrogens (tertiary/aromatic N) is 1. The van der Waals surface area contributed by atoms with Gasteiger partial charge < -0.3 is 15.0 Å². The number of aromatic nitrogens is 1. The summed E-state index contributed by atoms with van der Waals surface area (Å²) in [5.74, 6) is -0.357. The largest absolute Gasteiger partial charge is 0.373 e. The Morgan fingerprint density at radius 3 is 2.52 bits per heavy atom. The number of carbonyl (C=O) groups is 1. The molecule has 1 aliphatic rings. The molecule has 0 aliphatic carbocycles. The Morgan fingerprint density at radius 1 is 1.21 bits per heavy atom. The third-order valence-corrected chi connectivity index (χ3v) is 5.44. The first-order valence-electron chi connectivity index (χ1n) is 10.1. The van der Waals surface area contributed by atoms with Gasteiger partial charge >= 0.3 is 0 Å². The second kappa shape index (κ2) is 8.51. The maximum atomic E-state index is 12.7. The van der Waals surface area contributed by atoms with Gasteiger partial charge in [0.1, 0.15) is 5.56 Å². The van der Waals surface area contributed by atoms with Crippen LogP contribution < -0.4 is 10.9 Å². The molecular weight excluding hydrogens is 366 g/mol. The zero-order valence-electron chi connectivity index (χ0n) is 17.9. The average Bonchev–Trinajstić information content (AvgIpc) is 2.65. The molecule has 156 valence electrons. The van der Waals surface area contributed by atoms with Gasteiger partial charge in [-0.05, 0) is 58.4 Å². The summed E-state index contributed by atoms with van der Waals surface area (Å²) in [5, 5.41) is 2.93. The first kappa shape index (κ1) is 21.3. The fourth-order valence-electron chi connectivity index (χ4n) is 3.81. The second-order valence-corrected chi connectivity index (χ2v) is 8.64. The number of aryl methyl sites for hydroxylation is 1. The van der Waals surface area contributed by atoms with Crippen molar-refractivity contribution in [2.75, 3.05) is 19.6 Å². The van der Waals surface area contributed by atoms with Crippen LogP contribution >= 0.6 is 0 Å². The van der Waals surface area contributed by atoms with Crippen molar-refractivity contribution in [3.63, 3.8) is 0 Å². The number of H-pyrrole nitrogens is 1. The van der Waals surface area contributed by atoms with Crippen molar-refractivity contribution < 1.29 is 9.53 Å². The van der Waals surface area contributed by atoms with E-state index < -0.39 is 0 Å². The van der Waals surface area contributed by atoms with Crippen molar-refractivity contribution in [1.82, 2.24) is 15.2 Å². The van der Waals surface area contributed by atoms with Gasteiger partial charge in [0.25, 0.3) is 11.5 Å². The smallest absolute Gasteiger partial charge is 0.261 e. The Balaban J connectivity index is 1.68. The zero-order valence-corrected chi connectivity index (χ0v) is 17.9. The zero-order chi connectivity index (χ0) is 21.2. The number of aromatic amines is 1. The fraction of sp³-hybridized carbons (Fsp3) is 0.478. The lowest BCUT2D eigenvalue weighted by atomic mass is 10.00. The van der Waals surface area contributed by atoms with Crippen LogP contribution in [0.15, 0.2) is 41.2 Å². The lowest BCUT2D eigenvalue weighted by Crippen LogP contribution is -2.58. The Hall–Kier alpha value is -2.44. The summed E-state index contributed by atoms with van der Waals surface area (Å²) in [5.41, 5.74) is 2.24. The molecule has 0 saturated carbocycles. The number of benzene rings is 1. The van der Waals surface area contributed by atoms with Crippen LogP contribution in [0.25, 0.3) is 11.3 Å². The Bertz CT molecular complexity index is 925. The van der Waals surface area contributed by atoms with Gasteiger partial charge in [0.15, 0.2) is 0 Å². The molecule has 1 saturated heterocycles. The topological polar surface area (TPSA) is 74.4 Å². The van der Waals surface area contributed by atoms with Crippen molar-refractivity contribution in [2.45, 2.75) is 52.4 Å². The van der Waals surface area contributed by atoms with Crippen LogP contribution in [-0.4, -0.2) is 53.2 Å². The Kier molecular flexibility index (Phi) is 6.24. The van der Waals surface area contributed by atoms with Gasteiger partial charge in [0, 0.05) is 30.9 Å². The van der Waals surface area contributed by atoms with E-state index in [1.165, 1.54) is 0 Å². The molecule has 2 aromatic rings. The monoisotopic (exact) mass is 397 g/mol. The minimum absolute atomic E-state index is 0.126. The SMILES string of the molecule is Cc1cccc(-c2ccc(C(=O)NCC(C)(C)N3C[C@@H](C)O[C@H](C)C3)c(=O)[nH]2)c1. The standard InChI is InChI=1S/C23H31N3O3/c1-15-7-6-8-18(11-15)20-10-9-19(22(28)25-20)21(27)24-14-23(4,5)26-12-16(2)29-17(3)13-26/h6-11,16-17H,12-14H2,1-5H3,(H,24,27)(H,25,28)/t16-,17-/m1/s1. The average molecular weight is 398 g/mol. The molecule has 1 aromatic heterocycles. The summed E-state index contributed by atoms with van der Waals surface area (Å²) in [4.78, 5) is 30.3. The van der Waals surface area contributed by atoms with Gasteiger partial charge in [-0.25, -0.2) is 0 Å². The highest BCUT2D eigenvalue weighted by Gasteiger charge is 2.33. The molecule has 3 rings (SSSR count). The van der Waals surface area contributed by atoms with E-state index in [9.17, 15) is 9.59 Å². The minimum atomic E-state index is -0.382. The molecule has 2 atom stereocenters. The van der Waals surface area contributed by atoms with E-state index in [-0.39, 0.29) is 34.8 Å². The molecule has 2 N–H and O–H groups in total. The first-order valence-corrected chi connectivity index (χ1v) is 10.1. The Morgan fingerprint density at radius 2 is 1.90 bits per heavy atom. The number of amides is 1. The van der Waals surface area contributed by atoms with Crippen molar-refractivity contribution in [3.8, 4) is 11.3 Å². The summed E-state index contributed by atoms with van der Waals surface area (Å²) >= 11 is 0. The van der Waals surface area contributed by atoms with Gasteiger partial charge in [-0.3, -0.25) is 14.5 Å². The number of morpholine rings is 1. The third kappa shape index (κ3) is 5.14. The molecule has 1 aliphatic heterocycles. The maximum Gasteiger partial charge on any atom is 0.261 e. The molecule has 0 radical (unpaired) electrons. The summed E-state index contributed by atoms with van der Waals surface area (Å²) in [7, 11) is 0. The molecule has 0 spiro atoms. The minimum Gasteiger partial charge on any atom is -0.373 e. The lowest BCUT2D eigenvalue weighted by Gasteiger charge is -2.45.